The molecule has 0 saturated heterocycles. The fourth-order valence-electron chi connectivity index (χ4n) is 3.60. The zero-order valence-corrected chi connectivity index (χ0v) is 11.9. The maximum atomic E-state index is 12.5. The molecule has 2 N–H and O–H groups in total. The molecule has 1 aromatic heterocycles. The maximum absolute atomic E-state index is 12.5. The molecular weight excluding hydrogens is 262 g/mol. The Morgan fingerprint density at radius 3 is 2.90 bits per heavy atom. The van der Waals surface area contributed by atoms with Gasteiger partial charge in [0.15, 0.2) is 0 Å². The van der Waals surface area contributed by atoms with E-state index in [-0.39, 0.29) is 17.9 Å². The molecule has 0 bridgehead atoms. The van der Waals surface area contributed by atoms with Gasteiger partial charge in [0.25, 0.3) is 0 Å². The molecule has 1 aromatic carbocycles. The van der Waals surface area contributed by atoms with Crippen molar-refractivity contribution >= 4 is 28.2 Å². The molecule has 2 aromatic rings. The minimum atomic E-state index is 0.0682. The van der Waals surface area contributed by atoms with Crippen LogP contribution in [0.5, 0.6) is 0 Å². The summed E-state index contributed by atoms with van der Waals surface area (Å²) in [6.45, 7) is 0. The van der Waals surface area contributed by atoms with Gasteiger partial charge in [-0.1, -0.05) is 37.5 Å². The van der Waals surface area contributed by atoms with Gasteiger partial charge in [-0.05, 0) is 18.9 Å². The number of carbonyl (C=O) groups is 1. The van der Waals surface area contributed by atoms with Crippen molar-refractivity contribution in [2.75, 3.05) is 10.6 Å². The number of anilines is 2. The zero-order valence-electron chi connectivity index (χ0n) is 11.9. The smallest absolute Gasteiger partial charge is 0.229 e. The number of carbonyl (C=O) groups excluding carboxylic acids is 1. The standard InChI is InChI=1S/C17H19N3O/c21-17-12-7-2-1-3-9-14(12)19-16-11-6-4-5-8-13(11)18-10-15(16)20-17/h4-6,8,10,12,14,19H,1-3,7,9H2,(H,20,21). The zero-order chi connectivity index (χ0) is 14.2. The van der Waals surface area contributed by atoms with Crippen LogP contribution in [0, 0.1) is 5.92 Å². The quantitative estimate of drug-likeness (QED) is 0.776. The second-order valence-electron chi connectivity index (χ2n) is 6.05. The van der Waals surface area contributed by atoms with Gasteiger partial charge >= 0.3 is 0 Å². The van der Waals surface area contributed by atoms with Crippen molar-refractivity contribution in [2.24, 2.45) is 5.92 Å². The van der Waals surface area contributed by atoms with E-state index in [4.69, 9.17) is 0 Å². The molecule has 4 rings (SSSR count). The fraction of sp³-hybridized carbons (Fsp3) is 0.412. The average Bonchev–Trinajstić information content (AvgIpc) is 2.81. The Hall–Kier alpha value is -2.10. The number of rotatable bonds is 0. The molecule has 2 atom stereocenters. The average molecular weight is 281 g/mol. The number of nitrogens with zero attached hydrogens (tertiary/aromatic N) is 1. The molecule has 1 aliphatic carbocycles. The third-order valence-electron chi connectivity index (χ3n) is 4.72. The molecule has 0 spiro atoms. The number of nitrogens with one attached hydrogen (secondary N) is 2. The van der Waals surface area contributed by atoms with E-state index >= 15 is 0 Å². The van der Waals surface area contributed by atoms with Gasteiger partial charge in [0.05, 0.1) is 29.0 Å². The summed E-state index contributed by atoms with van der Waals surface area (Å²) in [6.07, 6.45) is 7.38. The second kappa shape index (κ2) is 5.02. The van der Waals surface area contributed by atoms with Gasteiger partial charge < -0.3 is 10.6 Å². The molecule has 2 aliphatic rings. The number of amides is 1. The van der Waals surface area contributed by atoms with Crippen molar-refractivity contribution < 1.29 is 4.79 Å². The van der Waals surface area contributed by atoms with E-state index in [0.29, 0.717) is 0 Å². The Balaban J connectivity index is 1.84. The molecule has 1 aliphatic heterocycles. The summed E-state index contributed by atoms with van der Waals surface area (Å²) in [5, 5.41) is 7.81. The number of hydrogen-bond acceptors (Lipinski definition) is 3. The van der Waals surface area contributed by atoms with Crippen molar-refractivity contribution in [3.63, 3.8) is 0 Å². The summed E-state index contributed by atoms with van der Waals surface area (Å²) in [5.74, 6) is 0.212. The molecule has 2 heterocycles. The molecule has 2 unspecified atom stereocenters. The number of benzene rings is 1. The van der Waals surface area contributed by atoms with E-state index in [0.717, 1.165) is 41.5 Å². The molecule has 108 valence electrons. The predicted molar refractivity (Wildman–Crippen MR) is 84.4 cm³/mol. The summed E-state index contributed by atoms with van der Waals surface area (Å²) >= 11 is 0. The number of pyridine rings is 1. The Morgan fingerprint density at radius 1 is 1.10 bits per heavy atom. The number of hydrogen-bond donors (Lipinski definition) is 2. The van der Waals surface area contributed by atoms with Crippen LogP contribution in [-0.4, -0.2) is 16.9 Å². The van der Waals surface area contributed by atoms with Crippen LogP contribution in [0.1, 0.15) is 32.1 Å². The van der Waals surface area contributed by atoms with Crippen LogP contribution >= 0.6 is 0 Å². The summed E-state index contributed by atoms with van der Waals surface area (Å²) < 4.78 is 0. The van der Waals surface area contributed by atoms with Gasteiger partial charge in [-0.25, -0.2) is 0 Å². The van der Waals surface area contributed by atoms with E-state index in [1.165, 1.54) is 12.8 Å². The van der Waals surface area contributed by atoms with Crippen molar-refractivity contribution in [1.82, 2.24) is 4.98 Å². The molecule has 0 radical (unpaired) electrons. The van der Waals surface area contributed by atoms with Crippen LogP contribution in [0.4, 0.5) is 11.4 Å². The van der Waals surface area contributed by atoms with Crippen LogP contribution in [-0.2, 0) is 4.79 Å². The highest BCUT2D eigenvalue weighted by molar-refractivity contribution is 6.05. The van der Waals surface area contributed by atoms with Crippen molar-refractivity contribution in [3.8, 4) is 0 Å². The summed E-state index contributed by atoms with van der Waals surface area (Å²) in [5.41, 5.74) is 2.81. The first-order valence-electron chi connectivity index (χ1n) is 7.78. The van der Waals surface area contributed by atoms with Crippen molar-refractivity contribution in [2.45, 2.75) is 38.1 Å². The molecular formula is C17H19N3O. The minimum absolute atomic E-state index is 0.0682. The molecule has 21 heavy (non-hydrogen) atoms. The van der Waals surface area contributed by atoms with Gasteiger partial charge in [-0.15, -0.1) is 0 Å². The first-order valence-corrected chi connectivity index (χ1v) is 7.78. The minimum Gasteiger partial charge on any atom is -0.379 e. The lowest BCUT2D eigenvalue weighted by atomic mass is 9.94. The molecule has 1 amide bonds. The van der Waals surface area contributed by atoms with Crippen molar-refractivity contribution in [3.05, 3.63) is 30.5 Å². The van der Waals surface area contributed by atoms with E-state index in [9.17, 15) is 4.79 Å². The molecule has 4 heteroatoms. The normalized spacial score (nSPS) is 25.0. The van der Waals surface area contributed by atoms with Crippen LogP contribution in [0.3, 0.4) is 0 Å². The highest BCUT2D eigenvalue weighted by Gasteiger charge is 2.33. The van der Waals surface area contributed by atoms with Gasteiger partial charge in [-0.2, -0.15) is 0 Å². The van der Waals surface area contributed by atoms with E-state index in [1.807, 2.05) is 18.2 Å². The Bertz CT molecular complexity index is 697. The maximum Gasteiger partial charge on any atom is 0.229 e. The third kappa shape index (κ3) is 2.15. The fourth-order valence-corrected chi connectivity index (χ4v) is 3.60. The van der Waals surface area contributed by atoms with E-state index in [2.05, 4.69) is 21.7 Å². The Kier molecular flexibility index (Phi) is 3.02. The summed E-state index contributed by atoms with van der Waals surface area (Å²) in [6, 6.07) is 8.32. The number of para-hydroxylation sites is 1. The van der Waals surface area contributed by atoms with Gasteiger partial charge in [0.1, 0.15) is 0 Å². The summed E-state index contributed by atoms with van der Waals surface area (Å²) in [7, 11) is 0. The largest absolute Gasteiger partial charge is 0.379 e. The third-order valence-corrected chi connectivity index (χ3v) is 4.72. The highest BCUT2D eigenvalue weighted by atomic mass is 16.2. The number of aromatic nitrogens is 1. The van der Waals surface area contributed by atoms with Crippen LogP contribution in [0.25, 0.3) is 10.9 Å². The van der Waals surface area contributed by atoms with E-state index < -0.39 is 0 Å². The van der Waals surface area contributed by atoms with Gasteiger partial charge in [0.2, 0.25) is 5.91 Å². The lowest BCUT2D eigenvalue weighted by molar-refractivity contribution is -0.120. The first-order chi connectivity index (χ1) is 10.3. The van der Waals surface area contributed by atoms with Crippen LogP contribution in [0.15, 0.2) is 30.5 Å². The highest BCUT2D eigenvalue weighted by Crippen LogP contribution is 2.37. The molecule has 1 fully saturated rings. The van der Waals surface area contributed by atoms with E-state index in [1.54, 1.807) is 6.20 Å². The number of fused-ring (bicyclic) bond motifs is 4. The van der Waals surface area contributed by atoms with Crippen LogP contribution < -0.4 is 10.6 Å². The SMILES string of the molecule is O=C1Nc2cnc3ccccc3c2NC2CCCCCC12. The topological polar surface area (TPSA) is 54.0 Å². The lowest BCUT2D eigenvalue weighted by Crippen LogP contribution is -2.34. The molecule has 1 saturated carbocycles. The van der Waals surface area contributed by atoms with Gasteiger partial charge in [-0.3, -0.25) is 9.78 Å². The monoisotopic (exact) mass is 281 g/mol. The molecule has 4 nitrogen and oxygen atoms in total. The predicted octanol–water partition coefficient (Wildman–Crippen LogP) is 3.55. The first kappa shape index (κ1) is 12.6. The second-order valence-corrected chi connectivity index (χ2v) is 6.05. The van der Waals surface area contributed by atoms with Crippen molar-refractivity contribution in [1.29, 1.82) is 0 Å². The van der Waals surface area contributed by atoms with Gasteiger partial charge in [0, 0.05) is 11.4 Å². The Labute approximate surface area is 124 Å². The Morgan fingerprint density at radius 2 is 1.95 bits per heavy atom. The van der Waals surface area contributed by atoms with Crippen LogP contribution in [0.2, 0.25) is 0 Å². The summed E-state index contributed by atoms with van der Waals surface area (Å²) in [4.78, 5) is 17.0. The lowest BCUT2D eigenvalue weighted by Gasteiger charge is -2.22.